The summed E-state index contributed by atoms with van der Waals surface area (Å²) in [6.45, 7) is 0.484. The molecule has 2 aromatic carbocycles. The molecule has 0 aliphatic heterocycles. The van der Waals surface area contributed by atoms with Crippen LogP contribution in [0, 0.1) is 0 Å². The van der Waals surface area contributed by atoms with E-state index in [9.17, 15) is 35.9 Å². The summed E-state index contributed by atoms with van der Waals surface area (Å²) >= 11 is 0. The second-order valence-electron chi connectivity index (χ2n) is 7.25. The number of carbonyl (C=O) groups excluding carboxylic acids is 2. The first kappa shape index (κ1) is 26.8. The van der Waals surface area contributed by atoms with E-state index in [1.807, 2.05) is 5.32 Å². The Bertz CT molecular complexity index is 1010. The van der Waals surface area contributed by atoms with Crippen molar-refractivity contribution in [3.8, 4) is 0 Å². The molecule has 0 spiro atoms. The third kappa shape index (κ3) is 7.27. The summed E-state index contributed by atoms with van der Waals surface area (Å²) in [5.41, 5.74) is -3.07. The van der Waals surface area contributed by atoms with Gasteiger partial charge in [-0.25, -0.2) is 4.79 Å². The quantitative estimate of drug-likeness (QED) is 0.383. The number of halogens is 6. The van der Waals surface area contributed by atoms with Gasteiger partial charge in [-0.2, -0.15) is 26.3 Å². The van der Waals surface area contributed by atoms with Crippen LogP contribution in [0.2, 0.25) is 0 Å². The van der Waals surface area contributed by atoms with Crippen molar-refractivity contribution in [3.05, 3.63) is 53.1 Å². The monoisotopic (exact) mass is 492 g/mol. The van der Waals surface area contributed by atoms with Crippen LogP contribution < -0.4 is 20.9 Å². The van der Waals surface area contributed by atoms with Crippen LogP contribution in [0.1, 0.15) is 21.5 Å². The molecule has 0 saturated heterocycles. The molecule has 0 aliphatic carbocycles. The molecule has 0 saturated carbocycles. The van der Waals surface area contributed by atoms with E-state index in [0.29, 0.717) is 17.8 Å². The second-order valence-corrected chi connectivity index (χ2v) is 7.25. The highest BCUT2D eigenvalue weighted by atomic mass is 19.4. The Morgan fingerprint density at radius 2 is 1.44 bits per heavy atom. The molecule has 0 unspecified atom stereocenters. The molecule has 13 heteroatoms. The minimum atomic E-state index is -5.05. The van der Waals surface area contributed by atoms with Gasteiger partial charge in [-0.05, 0) is 36.4 Å². The third-order valence-corrected chi connectivity index (χ3v) is 4.42. The number of urea groups is 1. The van der Waals surface area contributed by atoms with Crippen LogP contribution in [0.25, 0.3) is 0 Å². The van der Waals surface area contributed by atoms with E-state index < -0.39 is 41.1 Å². The van der Waals surface area contributed by atoms with Gasteiger partial charge in [0.1, 0.15) is 0 Å². The molecule has 186 valence electrons. The molecule has 0 atom stereocenters. The van der Waals surface area contributed by atoms with E-state index in [2.05, 4.69) is 10.6 Å². The summed E-state index contributed by atoms with van der Waals surface area (Å²) in [5.74, 6) is -0.475. The number of hydrogen-bond donors (Lipinski definition) is 3. The molecule has 3 amide bonds. The summed E-state index contributed by atoms with van der Waals surface area (Å²) in [6.07, 6.45) is -10.1. The Morgan fingerprint density at radius 3 is 1.94 bits per heavy atom. The smallest absolute Gasteiger partial charge is 0.383 e. The van der Waals surface area contributed by atoms with Crippen molar-refractivity contribution in [2.75, 3.05) is 49.9 Å². The highest BCUT2D eigenvalue weighted by Crippen LogP contribution is 2.37. The third-order valence-electron chi connectivity index (χ3n) is 4.42. The van der Waals surface area contributed by atoms with E-state index in [0.717, 1.165) is 0 Å². The Kier molecular flexibility index (Phi) is 8.37. The molecule has 34 heavy (non-hydrogen) atoms. The maximum Gasteiger partial charge on any atom is 0.416 e. The van der Waals surface area contributed by atoms with Crippen LogP contribution in [0.5, 0.6) is 0 Å². The number of nitrogens with zero attached hydrogens (tertiary/aromatic N) is 1. The molecule has 0 aliphatic rings. The first-order valence-corrected chi connectivity index (χ1v) is 9.68. The van der Waals surface area contributed by atoms with Crippen LogP contribution in [0.4, 0.5) is 48.2 Å². The SMILES string of the molecule is COCCNC(=O)c1cc(NC(=O)Nc2cc(C(F)(F)F)cc(C(F)(F)F)c2)ccc1N(C)C. The molecule has 2 rings (SSSR count). The molecule has 0 aromatic heterocycles. The first-order valence-electron chi connectivity index (χ1n) is 9.68. The normalized spacial score (nSPS) is 11.7. The highest BCUT2D eigenvalue weighted by molar-refractivity contribution is 6.04. The number of amides is 3. The van der Waals surface area contributed by atoms with E-state index in [-0.39, 0.29) is 30.5 Å². The van der Waals surface area contributed by atoms with Crippen molar-refractivity contribution < 1.29 is 40.7 Å². The lowest BCUT2D eigenvalue weighted by Gasteiger charge is -2.19. The number of carbonyl (C=O) groups is 2. The fraction of sp³-hybridized carbons (Fsp3) is 0.333. The fourth-order valence-corrected chi connectivity index (χ4v) is 2.87. The molecule has 0 radical (unpaired) electrons. The van der Waals surface area contributed by atoms with Crippen molar-refractivity contribution in [1.82, 2.24) is 5.32 Å². The van der Waals surface area contributed by atoms with Crippen molar-refractivity contribution in [3.63, 3.8) is 0 Å². The molecule has 0 bridgehead atoms. The van der Waals surface area contributed by atoms with Crippen molar-refractivity contribution in [2.45, 2.75) is 12.4 Å². The largest absolute Gasteiger partial charge is 0.416 e. The Morgan fingerprint density at radius 1 is 0.882 bits per heavy atom. The first-order chi connectivity index (χ1) is 15.7. The number of methoxy groups -OCH3 is 1. The topological polar surface area (TPSA) is 82.7 Å². The highest BCUT2D eigenvalue weighted by Gasteiger charge is 2.37. The second kappa shape index (κ2) is 10.6. The van der Waals surface area contributed by atoms with Gasteiger partial charge in [0.05, 0.1) is 23.3 Å². The minimum Gasteiger partial charge on any atom is -0.383 e. The van der Waals surface area contributed by atoms with Crippen LogP contribution in [0.15, 0.2) is 36.4 Å². The molecule has 3 N–H and O–H groups in total. The van der Waals surface area contributed by atoms with Gasteiger partial charge in [-0.3, -0.25) is 4.79 Å². The van der Waals surface area contributed by atoms with Crippen LogP contribution in [0.3, 0.4) is 0 Å². The number of anilines is 3. The summed E-state index contributed by atoms with van der Waals surface area (Å²) in [6, 6.07) is 3.90. The molecular weight excluding hydrogens is 470 g/mol. The fourth-order valence-electron chi connectivity index (χ4n) is 2.87. The van der Waals surface area contributed by atoms with Gasteiger partial charge < -0.3 is 25.6 Å². The van der Waals surface area contributed by atoms with Crippen molar-refractivity contribution in [2.24, 2.45) is 0 Å². The van der Waals surface area contributed by atoms with Gasteiger partial charge in [0.2, 0.25) is 0 Å². The van der Waals surface area contributed by atoms with E-state index >= 15 is 0 Å². The number of benzene rings is 2. The van der Waals surface area contributed by atoms with E-state index in [1.54, 1.807) is 19.0 Å². The number of alkyl halides is 6. The summed E-state index contributed by atoms with van der Waals surface area (Å²) in [4.78, 5) is 26.5. The Labute approximate surface area is 191 Å². The average molecular weight is 492 g/mol. The van der Waals surface area contributed by atoms with Crippen LogP contribution >= 0.6 is 0 Å². The lowest BCUT2D eigenvalue weighted by atomic mass is 10.1. The molecule has 7 nitrogen and oxygen atoms in total. The molecular formula is C21H22F6N4O3. The van der Waals surface area contributed by atoms with Gasteiger partial charge in [0, 0.05) is 44.8 Å². The van der Waals surface area contributed by atoms with Crippen molar-refractivity contribution in [1.29, 1.82) is 0 Å². The maximum absolute atomic E-state index is 13.0. The standard InChI is InChI=1S/C21H22F6N4O3/c1-31(2)17-5-4-14(11-16(17)18(32)28-6-7-34-3)29-19(33)30-15-9-12(20(22,23)24)8-13(10-15)21(25,26)27/h4-5,8-11H,6-7H2,1-3H3,(H,28,32)(H2,29,30,33). The zero-order valence-electron chi connectivity index (χ0n) is 18.3. The van der Waals surface area contributed by atoms with E-state index in [1.165, 1.54) is 25.3 Å². The molecule has 0 fully saturated rings. The minimum absolute atomic E-state index is 0.0441. The lowest BCUT2D eigenvalue weighted by molar-refractivity contribution is -0.143. The molecule has 2 aromatic rings. The summed E-state index contributed by atoms with van der Waals surface area (Å²) in [7, 11) is 4.84. The average Bonchev–Trinajstić information content (AvgIpc) is 2.72. The van der Waals surface area contributed by atoms with Gasteiger partial charge in [0.15, 0.2) is 0 Å². The zero-order valence-corrected chi connectivity index (χ0v) is 18.3. The number of ether oxygens (including phenoxy) is 1. The van der Waals surface area contributed by atoms with Gasteiger partial charge in [-0.15, -0.1) is 0 Å². The van der Waals surface area contributed by atoms with Gasteiger partial charge >= 0.3 is 18.4 Å². The number of nitrogens with one attached hydrogen (secondary N) is 3. The van der Waals surface area contributed by atoms with Gasteiger partial charge in [-0.1, -0.05) is 0 Å². The predicted molar refractivity (Wildman–Crippen MR) is 114 cm³/mol. The van der Waals surface area contributed by atoms with Crippen LogP contribution in [-0.4, -0.2) is 46.3 Å². The summed E-state index contributed by atoms with van der Waals surface area (Å²) < 4.78 is 82.9. The number of hydrogen-bond acceptors (Lipinski definition) is 4. The Hall–Kier alpha value is -3.48. The van der Waals surface area contributed by atoms with Gasteiger partial charge in [0.25, 0.3) is 5.91 Å². The van der Waals surface area contributed by atoms with Crippen LogP contribution in [-0.2, 0) is 17.1 Å². The lowest BCUT2D eigenvalue weighted by Crippen LogP contribution is -2.29. The van der Waals surface area contributed by atoms with Crippen molar-refractivity contribution >= 4 is 29.0 Å². The number of rotatable bonds is 7. The molecule has 0 heterocycles. The summed E-state index contributed by atoms with van der Waals surface area (Å²) in [5, 5.41) is 6.89. The van der Waals surface area contributed by atoms with E-state index in [4.69, 9.17) is 4.74 Å². The Balaban J connectivity index is 2.27. The maximum atomic E-state index is 13.0. The predicted octanol–water partition coefficient (Wildman–Crippen LogP) is 4.81. The zero-order chi connectivity index (χ0) is 25.7.